The third kappa shape index (κ3) is 4.25. The molecule has 0 heterocycles. The van der Waals surface area contributed by atoms with Crippen molar-refractivity contribution in [1.29, 1.82) is 0 Å². The first-order valence-corrected chi connectivity index (χ1v) is 9.88. The van der Waals surface area contributed by atoms with Gasteiger partial charge in [-0.25, -0.2) is 4.79 Å². The molecule has 3 rings (SSSR count). The zero-order valence-corrected chi connectivity index (χ0v) is 15.5. The normalized spacial score (nSPS) is 13.2. The van der Waals surface area contributed by atoms with Gasteiger partial charge in [-0.05, 0) is 36.2 Å². The molecule has 0 N–H and O–H groups in total. The maximum atomic E-state index is 12.2. The molecule has 0 fully saturated rings. The fourth-order valence-electron chi connectivity index (χ4n) is 2.69. The summed E-state index contributed by atoms with van der Waals surface area (Å²) in [4.78, 5) is 23.5. The first kappa shape index (κ1) is 18.8. The minimum absolute atomic E-state index is 0.0136. The highest BCUT2D eigenvalue weighted by Gasteiger charge is 2.27. The highest BCUT2D eigenvalue weighted by molar-refractivity contribution is 7.86. The predicted octanol–water partition coefficient (Wildman–Crippen LogP) is 3.23. The van der Waals surface area contributed by atoms with Gasteiger partial charge in [0.05, 0.1) is 12.4 Å². The Labute approximate surface area is 157 Å². The molecule has 0 unspecified atom stereocenters. The van der Waals surface area contributed by atoms with Crippen molar-refractivity contribution in [3.63, 3.8) is 0 Å². The van der Waals surface area contributed by atoms with Crippen LogP contribution in [0.25, 0.3) is 16.5 Å². The Morgan fingerprint density at radius 3 is 2.37 bits per heavy atom. The minimum Gasteiger partial charge on any atom is -0.462 e. The van der Waals surface area contributed by atoms with E-state index in [-0.39, 0.29) is 35.9 Å². The number of allylic oxidation sites excluding steroid dienone is 1. The molecular weight excluding hydrogens is 368 g/mol. The summed E-state index contributed by atoms with van der Waals surface area (Å²) in [5, 5.41) is 1.77. The highest BCUT2D eigenvalue weighted by Crippen LogP contribution is 2.33. The molecule has 0 atom stereocenters. The van der Waals surface area contributed by atoms with Crippen molar-refractivity contribution >= 4 is 38.4 Å². The zero-order valence-electron chi connectivity index (χ0n) is 14.7. The van der Waals surface area contributed by atoms with Crippen LogP contribution in [0.5, 0.6) is 0 Å². The summed E-state index contributed by atoms with van der Waals surface area (Å²) in [7, 11) is -3.94. The largest absolute Gasteiger partial charge is 0.462 e. The Bertz CT molecular complexity index is 1080. The van der Waals surface area contributed by atoms with Crippen molar-refractivity contribution in [1.82, 2.24) is 0 Å². The van der Waals surface area contributed by atoms with E-state index in [1.807, 2.05) is 24.3 Å². The summed E-state index contributed by atoms with van der Waals surface area (Å²) in [6, 6.07) is 10.9. The molecule has 140 valence electrons. The van der Waals surface area contributed by atoms with Crippen LogP contribution in [0.2, 0.25) is 0 Å². The smallest absolute Gasteiger partial charge is 0.333 e. The van der Waals surface area contributed by atoms with E-state index in [0.29, 0.717) is 11.1 Å². The van der Waals surface area contributed by atoms with Crippen LogP contribution in [0.15, 0.2) is 54.6 Å². The first-order chi connectivity index (χ1) is 12.8. The van der Waals surface area contributed by atoms with Crippen molar-refractivity contribution in [3.05, 3.63) is 65.8 Å². The third-order valence-electron chi connectivity index (χ3n) is 4.02. The van der Waals surface area contributed by atoms with Crippen LogP contribution in [-0.4, -0.2) is 32.5 Å². The molecule has 1 aliphatic carbocycles. The number of ketones is 1. The molecule has 0 saturated heterocycles. The number of carbonyl (C=O) groups excluding carboxylic acids is 2. The SMILES string of the molecule is C=C(C)C(=O)OCCCS(=O)(=O)OC1=CC(=O)c2cc3ccccc3cc21. The van der Waals surface area contributed by atoms with Crippen LogP contribution < -0.4 is 0 Å². The molecule has 0 saturated carbocycles. The van der Waals surface area contributed by atoms with E-state index < -0.39 is 16.1 Å². The fraction of sp³-hybridized carbons (Fsp3) is 0.200. The standard InChI is InChI=1S/C20H18O6S/c1-13(2)20(22)25-8-5-9-27(23,24)26-19-12-18(21)16-10-14-6-3-4-7-15(14)11-17(16)19/h3-4,6-7,10-12H,1,5,8-9H2,2H3. The Hall–Kier alpha value is -2.93. The molecule has 0 radical (unpaired) electrons. The summed E-state index contributed by atoms with van der Waals surface area (Å²) in [5.41, 5.74) is 1.11. The topological polar surface area (TPSA) is 86.7 Å². The lowest BCUT2D eigenvalue weighted by atomic mass is 10.0. The maximum absolute atomic E-state index is 12.2. The highest BCUT2D eigenvalue weighted by atomic mass is 32.2. The van der Waals surface area contributed by atoms with Gasteiger partial charge in [-0.1, -0.05) is 30.8 Å². The Morgan fingerprint density at radius 2 is 1.74 bits per heavy atom. The van der Waals surface area contributed by atoms with Gasteiger partial charge in [-0.2, -0.15) is 8.42 Å². The molecular formula is C20H18O6S. The molecule has 0 aliphatic heterocycles. The lowest BCUT2D eigenvalue weighted by Crippen LogP contribution is -2.13. The summed E-state index contributed by atoms with van der Waals surface area (Å²) in [6.07, 6.45) is 1.26. The summed E-state index contributed by atoms with van der Waals surface area (Å²) in [5.74, 6) is -1.19. The number of fused-ring (bicyclic) bond motifs is 2. The van der Waals surface area contributed by atoms with Crippen LogP contribution in [-0.2, 0) is 23.8 Å². The molecule has 2 aromatic rings. The van der Waals surface area contributed by atoms with E-state index in [9.17, 15) is 18.0 Å². The van der Waals surface area contributed by atoms with Crippen LogP contribution in [0.1, 0.15) is 29.3 Å². The molecule has 0 amide bonds. The fourth-order valence-corrected chi connectivity index (χ4v) is 3.66. The molecule has 0 spiro atoms. The van der Waals surface area contributed by atoms with E-state index in [1.165, 1.54) is 13.0 Å². The lowest BCUT2D eigenvalue weighted by molar-refractivity contribution is -0.138. The van der Waals surface area contributed by atoms with Gasteiger partial charge in [-0.15, -0.1) is 0 Å². The molecule has 1 aliphatic rings. The van der Waals surface area contributed by atoms with Crippen molar-refractivity contribution in [2.24, 2.45) is 0 Å². The van der Waals surface area contributed by atoms with Gasteiger partial charge < -0.3 is 8.92 Å². The predicted molar refractivity (Wildman–Crippen MR) is 102 cm³/mol. The van der Waals surface area contributed by atoms with Crippen LogP contribution in [0.4, 0.5) is 0 Å². The molecule has 2 aromatic carbocycles. The molecule has 7 heteroatoms. The Morgan fingerprint density at radius 1 is 1.11 bits per heavy atom. The number of hydrogen-bond acceptors (Lipinski definition) is 6. The Balaban J connectivity index is 1.70. The summed E-state index contributed by atoms with van der Waals surface area (Å²) < 4.78 is 34.4. The van der Waals surface area contributed by atoms with Gasteiger partial charge in [0.15, 0.2) is 11.5 Å². The monoisotopic (exact) mass is 386 g/mol. The summed E-state index contributed by atoms with van der Waals surface area (Å²) >= 11 is 0. The second kappa shape index (κ2) is 7.36. The maximum Gasteiger partial charge on any atom is 0.333 e. The quantitative estimate of drug-likeness (QED) is 0.314. The number of ether oxygens (including phenoxy) is 1. The van der Waals surface area contributed by atoms with Crippen LogP contribution >= 0.6 is 0 Å². The average molecular weight is 386 g/mol. The molecule has 0 bridgehead atoms. The molecule has 27 heavy (non-hydrogen) atoms. The van der Waals surface area contributed by atoms with E-state index in [1.54, 1.807) is 12.1 Å². The van der Waals surface area contributed by atoms with Crippen molar-refractivity contribution in [2.75, 3.05) is 12.4 Å². The number of benzene rings is 2. The van der Waals surface area contributed by atoms with Crippen LogP contribution in [0.3, 0.4) is 0 Å². The van der Waals surface area contributed by atoms with Gasteiger partial charge in [0.2, 0.25) is 0 Å². The second-order valence-corrected chi connectivity index (χ2v) is 7.92. The number of hydrogen-bond donors (Lipinski definition) is 0. The summed E-state index contributed by atoms with van der Waals surface area (Å²) in [6.45, 7) is 4.89. The average Bonchev–Trinajstić information content (AvgIpc) is 2.91. The first-order valence-electron chi connectivity index (χ1n) is 8.31. The van der Waals surface area contributed by atoms with E-state index in [0.717, 1.165) is 10.8 Å². The van der Waals surface area contributed by atoms with Crippen molar-refractivity contribution in [2.45, 2.75) is 13.3 Å². The van der Waals surface area contributed by atoms with Gasteiger partial charge in [0.1, 0.15) is 0 Å². The van der Waals surface area contributed by atoms with Gasteiger partial charge in [-0.3, -0.25) is 4.79 Å². The van der Waals surface area contributed by atoms with E-state index in [4.69, 9.17) is 8.92 Å². The van der Waals surface area contributed by atoms with E-state index >= 15 is 0 Å². The van der Waals surface area contributed by atoms with Crippen LogP contribution in [0, 0.1) is 0 Å². The van der Waals surface area contributed by atoms with Crippen molar-refractivity contribution in [3.8, 4) is 0 Å². The Kier molecular flexibility index (Phi) is 5.14. The number of esters is 1. The molecule has 0 aromatic heterocycles. The number of carbonyl (C=O) groups is 2. The minimum atomic E-state index is -3.94. The third-order valence-corrected chi connectivity index (χ3v) is 5.24. The van der Waals surface area contributed by atoms with Gasteiger partial charge in [0, 0.05) is 22.8 Å². The zero-order chi connectivity index (χ0) is 19.6. The molecule has 6 nitrogen and oxygen atoms in total. The van der Waals surface area contributed by atoms with Crippen molar-refractivity contribution < 1.29 is 26.9 Å². The number of rotatable bonds is 7. The second-order valence-electron chi connectivity index (χ2n) is 6.23. The van der Waals surface area contributed by atoms with E-state index in [2.05, 4.69) is 6.58 Å². The van der Waals surface area contributed by atoms with Gasteiger partial charge >= 0.3 is 16.1 Å². The van der Waals surface area contributed by atoms with Gasteiger partial charge in [0.25, 0.3) is 0 Å². The lowest BCUT2D eigenvalue weighted by Gasteiger charge is -2.10.